The summed E-state index contributed by atoms with van der Waals surface area (Å²) in [5.74, 6) is 0. The first-order valence-electron chi connectivity index (χ1n) is 7.67. The zero-order valence-electron chi connectivity index (χ0n) is 13.2. The van der Waals surface area contributed by atoms with Crippen molar-refractivity contribution in [1.82, 2.24) is 0 Å². The Morgan fingerprint density at radius 1 is 0.957 bits per heavy atom. The van der Waals surface area contributed by atoms with Gasteiger partial charge in [-0.3, -0.25) is 0 Å². The fourth-order valence-electron chi connectivity index (χ4n) is 3.25. The Labute approximate surface area is 147 Å². The molecule has 2 aromatic rings. The monoisotopic (exact) mass is 353 g/mol. The standard InChI is InChI=1S/C20H18PS2/c1-22-15-8-10-19-17(12-15)18-13-16(23-2)9-11-20(18)21(19)14-6-4-3-5-7-14/h3-10,12-13H,11H2,1-2H3/q+1. The van der Waals surface area contributed by atoms with Gasteiger partial charge in [0, 0.05) is 27.4 Å². The maximum Gasteiger partial charge on any atom is 0.174 e. The topological polar surface area (TPSA) is 0 Å². The van der Waals surface area contributed by atoms with Gasteiger partial charge < -0.3 is 0 Å². The molecule has 1 atom stereocenters. The van der Waals surface area contributed by atoms with Gasteiger partial charge in [-0.15, -0.1) is 23.5 Å². The first-order valence-corrected chi connectivity index (χ1v) is 11.5. The predicted octanol–water partition coefficient (Wildman–Crippen LogP) is 5.06. The van der Waals surface area contributed by atoms with Gasteiger partial charge in [-0.25, -0.2) is 0 Å². The van der Waals surface area contributed by atoms with Gasteiger partial charge in [0.2, 0.25) is 0 Å². The van der Waals surface area contributed by atoms with Crippen molar-refractivity contribution >= 4 is 52.5 Å². The van der Waals surface area contributed by atoms with E-state index in [1.54, 1.807) is 5.29 Å². The fraction of sp³-hybridized carbons (Fsp3) is 0.150. The zero-order chi connectivity index (χ0) is 15.8. The molecule has 0 bridgehead atoms. The third-order valence-electron chi connectivity index (χ3n) is 4.35. The molecular weight excluding hydrogens is 335 g/mol. The van der Waals surface area contributed by atoms with Crippen molar-refractivity contribution in [1.29, 1.82) is 0 Å². The third-order valence-corrected chi connectivity index (χ3v) is 8.48. The second-order valence-corrected chi connectivity index (χ2v) is 9.54. The van der Waals surface area contributed by atoms with E-state index in [4.69, 9.17) is 0 Å². The Balaban J connectivity index is 1.96. The van der Waals surface area contributed by atoms with Crippen LogP contribution in [0.3, 0.4) is 0 Å². The minimum Gasteiger partial charge on any atom is -0.130 e. The summed E-state index contributed by atoms with van der Waals surface area (Å²) in [5.41, 5.74) is 2.94. The Kier molecular flexibility index (Phi) is 4.24. The van der Waals surface area contributed by atoms with Crippen LogP contribution < -0.4 is 10.6 Å². The molecule has 3 heteroatoms. The van der Waals surface area contributed by atoms with E-state index in [0.29, 0.717) is 0 Å². The van der Waals surface area contributed by atoms with Crippen molar-refractivity contribution in [2.45, 2.75) is 11.3 Å². The lowest BCUT2D eigenvalue weighted by atomic mass is 9.97. The van der Waals surface area contributed by atoms with Crippen LogP contribution in [0.5, 0.6) is 0 Å². The molecule has 114 valence electrons. The lowest BCUT2D eigenvalue weighted by Gasteiger charge is -2.08. The Morgan fingerprint density at radius 2 is 1.78 bits per heavy atom. The molecule has 2 aliphatic rings. The molecule has 23 heavy (non-hydrogen) atoms. The lowest BCUT2D eigenvalue weighted by Crippen LogP contribution is -2.08. The maximum atomic E-state index is 2.40. The molecule has 0 nitrogen and oxygen atoms in total. The molecule has 0 saturated carbocycles. The minimum absolute atomic E-state index is 0.370. The van der Waals surface area contributed by atoms with Crippen LogP contribution in [0.15, 0.2) is 70.5 Å². The van der Waals surface area contributed by atoms with Crippen molar-refractivity contribution in [3.8, 4) is 0 Å². The molecule has 0 radical (unpaired) electrons. The summed E-state index contributed by atoms with van der Waals surface area (Å²) < 4.78 is 0. The SMILES string of the molecule is CSC1=CCC2=[P+](c3ccccc3)c3ccc(SC)cc3C2=C1. The van der Waals surface area contributed by atoms with E-state index in [-0.39, 0.29) is 7.55 Å². The molecule has 0 N–H and O–H groups in total. The van der Waals surface area contributed by atoms with Crippen LogP contribution in [0.2, 0.25) is 0 Å². The molecule has 1 aliphatic carbocycles. The second kappa shape index (κ2) is 6.36. The molecule has 0 fully saturated rings. The van der Waals surface area contributed by atoms with E-state index in [2.05, 4.69) is 73.2 Å². The molecule has 4 rings (SSSR count). The summed E-state index contributed by atoms with van der Waals surface area (Å²) in [5, 5.41) is 4.62. The average Bonchev–Trinajstić information content (AvgIpc) is 2.95. The molecule has 1 aliphatic heterocycles. The van der Waals surface area contributed by atoms with Crippen molar-refractivity contribution in [2.75, 3.05) is 12.5 Å². The van der Waals surface area contributed by atoms with Crippen LogP contribution in [0.4, 0.5) is 0 Å². The predicted molar refractivity (Wildman–Crippen MR) is 110 cm³/mol. The third kappa shape index (κ3) is 2.63. The van der Waals surface area contributed by atoms with Gasteiger partial charge in [-0.1, -0.05) is 24.3 Å². The molecular formula is C20H18PS2+. The highest BCUT2D eigenvalue weighted by Crippen LogP contribution is 2.44. The Hall–Kier alpha value is -1.21. The number of hydrogen-bond donors (Lipinski definition) is 0. The molecule has 1 unspecified atom stereocenters. The number of rotatable bonds is 3. The summed E-state index contributed by atoms with van der Waals surface area (Å²) in [6, 6.07) is 18.1. The van der Waals surface area contributed by atoms with E-state index in [9.17, 15) is 0 Å². The van der Waals surface area contributed by atoms with Crippen LogP contribution in [0, 0.1) is 0 Å². The highest BCUT2D eigenvalue weighted by Gasteiger charge is 2.38. The van der Waals surface area contributed by atoms with Crippen LogP contribution in [0.25, 0.3) is 5.57 Å². The van der Waals surface area contributed by atoms with Gasteiger partial charge in [-0.05, 0) is 48.9 Å². The number of thioether (sulfide) groups is 2. The Bertz CT molecular complexity index is 860. The molecule has 2 aromatic carbocycles. The van der Waals surface area contributed by atoms with Gasteiger partial charge in [0.25, 0.3) is 0 Å². The molecule has 0 amide bonds. The summed E-state index contributed by atoms with van der Waals surface area (Å²) >= 11 is 3.68. The summed E-state index contributed by atoms with van der Waals surface area (Å²) in [6.07, 6.45) is 10.2. The molecule has 0 aromatic heterocycles. The number of allylic oxidation sites excluding steroid dienone is 3. The summed E-state index contributed by atoms with van der Waals surface area (Å²) in [6.45, 7) is 0. The van der Waals surface area contributed by atoms with E-state index < -0.39 is 0 Å². The number of benzene rings is 2. The van der Waals surface area contributed by atoms with Crippen LogP contribution in [-0.2, 0) is 0 Å². The van der Waals surface area contributed by atoms with E-state index in [1.807, 2.05) is 23.5 Å². The molecule has 1 heterocycles. The highest BCUT2D eigenvalue weighted by atomic mass is 32.2. The molecule has 0 saturated heterocycles. The van der Waals surface area contributed by atoms with Gasteiger partial charge in [0.1, 0.15) is 5.29 Å². The van der Waals surface area contributed by atoms with Crippen LogP contribution in [-0.4, -0.2) is 17.8 Å². The summed E-state index contributed by atoms with van der Waals surface area (Å²) in [4.78, 5) is 2.75. The van der Waals surface area contributed by atoms with Gasteiger partial charge in [-0.2, -0.15) is 0 Å². The highest BCUT2D eigenvalue weighted by molar-refractivity contribution is 8.02. The second-order valence-electron chi connectivity index (χ2n) is 5.57. The van der Waals surface area contributed by atoms with Crippen molar-refractivity contribution < 1.29 is 0 Å². The normalized spacial score (nSPS) is 17.5. The van der Waals surface area contributed by atoms with Gasteiger partial charge >= 0.3 is 0 Å². The average molecular weight is 353 g/mol. The maximum absolute atomic E-state index is 2.40. The smallest absolute Gasteiger partial charge is 0.130 e. The zero-order valence-corrected chi connectivity index (χ0v) is 15.8. The van der Waals surface area contributed by atoms with E-state index >= 15 is 0 Å². The largest absolute Gasteiger partial charge is 0.174 e. The fourth-order valence-corrected chi connectivity index (χ4v) is 6.87. The van der Waals surface area contributed by atoms with Crippen molar-refractivity contribution in [2.24, 2.45) is 0 Å². The van der Waals surface area contributed by atoms with Gasteiger partial charge in [0.05, 0.1) is 0 Å². The van der Waals surface area contributed by atoms with E-state index in [0.717, 1.165) is 6.42 Å². The Morgan fingerprint density at radius 3 is 2.52 bits per heavy atom. The van der Waals surface area contributed by atoms with Crippen LogP contribution in [0.1, 0.15) is 12.0 Å². The number of hydrogen-bond acceptors (Lipinski definition) is 2. The quantitative estimate of drug-likeness (QED) is 0.559. The number of fused-ring (bicyclic) bond motifs is 3. The lowest BCUT2D eigenvalue weighted by molar-refractivity contribution is 1.45. The van der Waals surface area contributed by atoms with Crippen LogP contribution >= 0.6 is 31.1 Å². The molecule has 0 spiro atoms. The van der Waals surface area contributed by atoms with Crippen molar-refractivity contribution in [3.63, 3.8) is 0 Å². The minimum atomic E-state index is -0.370. The van der Waals surface area contributed by atoms with Crippen molar-refractivity contribution in [3.05, 3.63) is 71.2 Å². The van der Waals surface area contributed by atoms with E-state index in [1.165, 1.54) is 31.5 Å². The first-order chi connectivity index (χ1) is 11.3. The van der Waals surface area contributed by atoms with Gasteiger partial charge in [0.15, 0.2) is 18.2 Å². The first kappa shape index (κ1) is 15.3. The summed E-state index contributed by atoms with van der Waals surface area (Å²) in [7, 11) is -0.370.